The molecular formula is C28H25FN2O4. The average molecular weight is 473 g/mol. The average Bonchev–Trinajstić information content (AvgIpc) is 3.51. The quantitative estimate of drug-likeness (QED) is 0.462. The molecule has 1 saturated carbocycles. The number of carboxylic acids is 1. The summed E-state index contributed by atoms with van der Waals surface area (Å²) in [6, 6.07) is 18.8. The molecule has 1 heterocycles. The van der Waals surface area contributed by atoms with Crippen LogP contribution in [0.5, 0.6) is 0 Å². The minimum absolute atomic E-state index is 0.106. The normalized spacial score (nSPS) is 18.8. The van der Waals surface area contributed by atoms with Crippen LogP contribution in [0, 0.1) is 17.7 Å². The lowest BCUT2D eigenvalue weighted by molar-refractivity contribution is -0.142. The lowest BCUT2D eigenvalue weighted by Crippen LogP contribution is -2.33. The summed E-state index contributed by atoms with van der Waals surface area (Å²) in [5.41, 5.74) is 4.55. The van der Waals surface area contributed by atoms with E-state index in [0.717, 1.165) is 28.8 Å². The summed E-state index contributed by atoms with van der Waals surface area (Å²) in [4.78, 5) is 38.6. The number of ketones is 1. The van der Waals surface area contributed by atoms with Crippen LogP contribution in [0.4, 0.5) is 20.6 Å². The van der Waals surface area contributed by atoms with Crippen LogP contribution in [0.3, 0.4) is 0 Å². The Morgan fingerprint density at radius 2 is 1.54 bits per heavy atom. The Hall–Kier alpha value is -4.00. The number of nitrogens with zero attached hydrogens (tertiary/aromatic N) is 1. The van der Waals surface area contributed by atoms with Crippen molar-refractivity contribution in [3.8, 4) is 11.1 Å². The van der Waals surface area contributed by atoms with Gasteiger partial charge in [-0.25, -0.2) is 9.18 Å². The first-order valence-corrected chi connectivity index (χ1v) is 11.7. The highest BCUT2D eigenvalue weighted by Gasteiger charge is 2.37. The number of carbonyl (C=O) groups excluding carboxylic acids is 2. The predicted octanol–water partition coefficient (Wildman–Crippen LogP) is 5.77. The number of Topliss-reactive ketones (excluding diaryl/α,β-unsaturated/α-hetero) is 1. The zero-order chi connectivity index (χ0) is 24.5. The molecule has 2 unspecified atom stereocenters. The number of urea groups is 1. The Balaban J connectivity index is 1.24. The van der Waals surface area contributed by atoms with Crippen LogP contribution in [0.15, 0.2) is 66.7 Å². The maximum atomic E-state index is 13.4. The Morgan fingerprint density at radius 1 is 0.886 bits per heavy atom. The summed E-state index contributed by atoms with van der Waals surface area (Å²) in [5, 5.41) is 12.3. The van der Waals surface area contributed by atoms with E-state index < -0.39 is 17.8 Å². The van der Waals surface area contributed by atoms with Gasteiger partial charge in [0, 0.05) is 29.4 Å². The Bertz CT molecular complexity index is 1290. The third kappa shape index (κ3) is 4.54. The molecule has 0 aromatic heterocycles. The molecule has 0 saturated heterocycles. The van der Waals surface area contributed by atoms with E-state index in [1.807, 2.05) is 36.4 Å². The number of aliphatic carboxylic acids is 1. The lowest BCUT2D eigenvalue weighted by atomic mass is 9.88. The molecule has 1 aliphatic heterocycles. The molecule has 1 fully saturated rings. The van der Waals surface area contributed by atoms with Gasteiger partial charge in [-0.1, -0.05) is 42.8 Å². The molecule has 2 N–H and O–H groups in total. The van der Waals surface area contributed by atoms with Gasteiger partial charge in [-0.15, -0.1) is 0 Å². The van der Waals surface area contributed by atoms with E-state index in [1.54, 1.807) is 23.1 Å². The molecule has 35 heavy (non-hydrogen) atoms. The Labute approximate surface area is 202 Å². The third-order valence-corrected chi connectivity index (χ3v) is 6.99. The lowest BCUT2D eigenvalue weighted by Gasteiger charge is -2.18. The molecule has 2 atom stereocenters. The first-order valence-electron chi connectivity index (χ1n) is 11.7. The SMILES string of the molecule is O=C(O)C1CCCC1C(=O)c1ccc(-c2ccc(NC(=O)N3CCc4cc(F)ccc43)cc2)cc1. The van der Waals surface area contributed by atoms with Crippen molar-refractivity contribution in [1.29, 1.82) is 0 Å². The van der Waals surface area contributed by atoms with Gasteiger partial charge in [0.15, 0.2) is 5.78 Å². The van der Waals surface area contributed by atoms with E-state index in [4.69, 9.17) is 0 Å². The number of fused-ring (bicyclic) bond motifs is 1. The van der Waals surface area contributed by atoms with Gasteiger partial charge in [-0.3, -0.25) is 14.5 Å². The molecule has 0 bridgehead atoms. The predicted molar refractivity (Wildman–Crippen MR) is 131 cm³/mol. The van der Waals surface area contributed by atoms with Crippen molar-refractivity contribution < 1.29 is 23.9 Å². The maximum Gasteiger partial charge on any atom is 0.326 e. The van der Waals surface area contributed by atoms with Gasteiger partial charge < -0.3 is 10.4 Å². The number of halogens is 1. The minimum atomic E-state index is -0.896. The Kier molecular flexibility index (Phi) is 6.07. The van der Waals surface area contributed by atoms with E-state index >= 15 is 0 Å². The van der Waals surface area contributed by atoms with E-state index in [1.165, 1.54) is 12.1 Å². The van der Waals surface area contributed by atoms with Crippen molar-refractivity contribution >= 4 is 29.2 Å². The van der Waals surface area contributed by atoms with Crippen LogP contribution in [-0.2, 0) is 11.2 Å². The van der Waals surface area contributed by atoms with Crippen LogP contribution in [0.25, 0.3) is 11.1 Å². The second kappa shape index (κ2) is 9.33. The molecule has 178 valence electrons. The van der Waals surface area contributed by atoms with Gasteiger partial charge in [0.1, 0.15) is 5.82 Å². The fourth-order valence-corrected chi connectivity index (χ4v) is 5.13. The monoisotopic (exact) mass is 472 g/mol. The Morgan fingerprint density at radius 3 is 2.23 bits per heavy atom. The van der Waals surface area contributed by atoms with Gasteiger partial charge in [0.05, 0.1) is 5.92 Å². The van der Waals surface area contributed by atoms with E-state index in [9.17, 15) is 23.9 Å². The van der Waals surface area contributed by atoms with Crippen LogP contribution in [0.2, 0.25) is 0 Å². The standard InChI is InChI=1S/C28H25FN2O4/c29-21-10-13-25-20(16-21)14-15-31(25)28(35)30-22-11-8-18(9-12-22)17-4-6-19(7-5-17)26(32)23-2-1-3-24(23)27(33)34/h4-13,16,23-24H,1-3,14-15H2,(H,30,35)(H,33,34). The molecule has 3 aromatic rings. The summed E-state index contributed by atoms with van der Waals surface area (Å²) in [5.74, 6) is -2.36. The first-order chi connectivity index (χ1) is 16.9. The number of rotatable bonds is 5. The smallest absolute Gasteiger partial charge is 0.326 e. The molecule has 5 rings (SSSR count). The van der Waals surface area contributed by atoms with E-state index in [0.29, 0.717) is 37.1 Å². The second-order valence-corrected chi connectivity index (χ2v) is 9.11. The number of hydrogen-bond acceptors (Lipinski definition) is 3. The van der Waals surface area contributed by atoms with Gasteiger partial charge in [-0.05, 0) is 66.3 Å². The van der Waals surface area contributed by atoms with Crippen LogP contribution in [0.1, 0.15) is 35.2 Å². The molecule has 0 spiro atoms. The third-order valence-electron chi connectivity index (χ3n) is 6.99. The number of carboxylic acid groups (broad SMARTS) is 1. The molecule has 6 nitrogen and oxygen atoms in total. The molecule has 2 amide bonds. The first kappa shape index (κ1) is 22.8. The number of amides is 2. The summed E-state index contributed by atoms with van der Waals surface area (Å²) in [6.45, 7) is 0.502. The number of anilines is 2. The van der Waals surface area contributed by atoms with Crippen LogP contribution < -0.4 is 10.2 Å². The zero-order valence-corrected chi connectivity index (χ0v) is 19.0. The fourth-order valence-electron chi connectivity index (χ4n) is 5.13. The zero-order valence-electron chi connectivity index (χ0n) is 19.0. The summed E-state index contributed by atoms with van der Waals surface area (Å²) in [7, 11) is 0. The maximum absolute atomic E-state index is 13.4. The summed E-state index contributed by atoms with van der Waals surface area (Å²) >= 11 is 0. The molecule has 3 aromatic carbocycles. The largest absolute Gasteiger partial charge is 0.481 e. The van der Waals surface area contributed by atoms with Crippen molar-refractivity contribution in [1.82, 2.24) is 0 Å². The van der Waals surface area contributed by atoms with Crippen molar-refractivity contribution in [3.63, 3.8) is 0 Å². The van der Waals surface area contributed by atoms with Crippen LogP contribution in [-0.4, -0.2) is 29.4 Å². The van der Waals surface area contributed by atoms with Crippen molar-refractivity contribution in [2.45, 2.75) is 25.7 Å². The highest BCUT2D eigenvalue weighted by atomic mass is 19.1. The topological polar surface area (TPSA) is 86.7 Å². The molecular weight excluding hydrogens is 447 g/mol. The van der Waals surface area contributed by atoms with Crippen molar-refractivity contribution in [2.75, 3.05) is 16.8 Å². The molecule has 1 aliphatic carbocycles. The van der Waals surface area contributed by atoms with Gasteiger partial charge in [-0.2, -0.15) is 0 Å². The highest BCUT2D eigenvalue weighted by molar-refractivity contribution is 6.03. The van der Waals surface area contributed by atoms with Crippen LogP contribution >= 0.6 is 0 Å². The van der Waals surface area contributed by atoms with Gasteiger partial charge in [0.25, 0.3) is 0 Å². The van der Waals surface area contributed by atoms with Crippen molar-refractivity contribution in [3.05, 3.63) is 83.7 Å². The fraction of sp³-hybridized carbons (Fsp3) is 0.250. The highest BCUT2D eigenvalue weighted by Crippen LogP contribution is 2.35. The number of benzene rings is 3. The number of nitrogens with one attached hydrogen (secondary N) is 1. The molecule has 2 aliphatic rings. The number of hydrogen-bond donors (Lipinski definition) is 2. The molecule has 0 radical (unpaired) electrons. The second-order valence-electron chi connectivity index (χ2n) is 9.11. The van der Waals surface area contributed by atoms with E-state index in [2.05, 4.69) is 5.32 Å². The van der Waals surface area contributed by atoms with Crippen molar-refractivity contribution in [2.24, 2.45) is 11.8 Å². The minimum Gasteiger partial charge on any atom is -0.481 e. The van der Waals surface area contributed by atoms with Gasteiger partial charge >= 0.3 is 12.0 Å². The van der Waals surface area contributed by atoms with Gasteiger partial charge in [0.2, 0.25) is 0 Å². The number of carbonyl (C=O) groups is 3. The molecule has 7 heteroatoms. The summed E-state index contributed by atoms with van der Waals surface area (Å²) < 4.78 is 13.4. The van der Waals surface area contributed by atoms with E-state index in [-0.39, 0.29) is 17.6 Å². The summed E-state index contributed by atoms with van der Waals surface area (Å²) in [6.07, 6.45) is 2.55.